The lowest BCUT2D eigenvalue weighted by molar-refractivity contribution is 0.0474. The van der Waals surface area contributed by atoms with Gasteiger partial charge in [0, 0.05) is 13.1 Å². The van der Waals surface area contributed by atoms with Gasteiger partial charge >= 0.3 is 5.97 Å². The van der Waals surface area contributed by atoms with Gasteiger partial charge in [-0.25, -0.2) is 13.2 Å². The molecular weight excluding hydrogens is 458 g/mol. The van der Waals surface area contributed by atoms with Crippen LogP contribution in [0.4, 0.5) is 0 Å². The Labute approximate surface area is 192 Å². The van der Waals surface area contributed by atoms with Crippen LogP contribution in [-0.4, -0.2) is 58.4 Å². The van der Waals surface area contributed by atoms with Crippen molar-refractivity contribution in [1.29, 1.82) is 0 Å². The van der Waals surface area contributed by atoms with E-state index in [1.165, 1.54) is 42.8 Å². The Hall–Kier alpha value is -2.62. The zero-order chi connectivity index (χ0) is 23.3. The molecule has 1 aliphatic heterocycles. The first-order chi connectivity index (χ1) is 15.3. The average Bonchev–Trinajstić information content (AvgIpc) is 2.82. The number of ketones is 1. The number of Topliss-reactive ketones (excluding diaryl/α,β-unsaturated/α-hetero) is 1. The molecule has 0 atom stereocenters. The highest BCUT2D eigenvalue weighted by Gasteiger charge is 2.28. The summed E-state index contributed by atoms with van der Waals surface area (Å²) in [6.07, 6.45) is 2.56. The minimum Gasteiger partial charge on any atom is -0.497 e. The second-order valence-electron chi connectivity index (χ2n) is 7.17. The average molecular weight is 482 g/mol. The number of carbonyl (C=O) groups excluding carboxylic acids is 2. The summed E-state index contributed by atoms with van der Waals surface area (Å²) < 4.78 is 42.6. The Balaban J connectivity index is 1.77. The van der Waals surface area contributed by atoms with Crippen LogP contribution >= 0.6 is 11.6 Å². The van der Waals surface area contributed by atoms with Crippen molar-refractivity contribution in [3.05, 3.63) is 52.5 Å². The zero-order valence-electron chi connectivity index (χ0n) is 17.8. The Morgan fingerprint density at radius 1 is 0.969 bits per heavy atom. The monoisotopic (exact) mass is 481 g/mol. The summed E-state index contributed by atoms with van der Waals surface area (Å²) in [6, 6.07) is 8.56. The maximum Gasteiger partial charge on any atom is 0.340 e. The number of piperidine rings is 1. The van der Waals surface area contributed by atoms with E-state index >= 15 is 0 Å². The van der Waals surface area contributed by atoms with Gasteiger partial charge in [0.25, 0.3) is 0 Å². The second kappa shape index (κ2) is 10.3. The Morgan fingerprint density at radius 3 is 2.34 bits per heavy atom. The molecule has 2 aromatic rings. The van der Waals surface area contributed by atoms with E-state index < -0.39 is 28.4 Å². The zero-order valence-corrected chi connectivity index (χ0v) is 19.4. The smallest absolute Gasteiger partial charge is 0.340 e. The van der Waals surface area contributed by atoms with Crippen molar-refractivity contribution in [3.8, 4) is 11.5 Å². The van der Waals surface area contributed by atoms with Crippen molar-refractivity contribution in [1.82, 2.24) is 4.31 Å². The fourth-order valence-corrected chi connectivity index (χ4v) is 5.13. The van der Waals surface area contributed by atoms with Crippen LogP contribution in [0.2, 0.25) is 5.02 Å². The standard InChI is InChI=1S/C22H24ClNO7S/c1-29-15-6-9-21(30-2)18(12-15)20(25)14-31-22(26)17-13-16(7-8-19(17)23)32(27,28)24-10-4-3-5-11-24/h6-9,12-13H,3-5,10-11,14H2,1-2H3. The molecule has 1 saturated heterocycles. The topological polar surface area (TPSA) is 99.2 Å². The van der Waals surface area contributed by atoms with Gasteiger partial charge in [0.05, 0.1) is 35.3 Å². The minimum atomic E-state index is -3.76. The van der Waals surface area contributed by atoms with E-state index in [1.54, 1.807) is 12.1 Å². The normalized spacial score (nSPS) is 14.6. The molecule has 10 heteroatoms. The van der Waals surface area contributed by atoms with Gasteiger partial charge < -0.3 is 14.2 Å². The van der Waals surface area contributed by atoms with E-state index in [1.807, 2.05) is 0 Å². The van der Waals surface area contributed by atoms with E-state index in [0.29, 0.717) is 24.6 Å². The van der Waals surface area contributed by atoms with E-state index in [0.717, 1.165) is 19.3 Å². The molecule has 0 bridgehead atoms. The van der Waals surface area contributed by atoms with Gasteiger partial charge in [0.2, 0.25) is 15.8 Å². The molecule has 0 amide bonds. The number of hydrogen-bond donors (Lipinski definition) is 0. The maximum atomic E-state index is 12.9. The Bertz CT molecular complexity index is 1110. The first-order valence-corrected chi connectivity index (χ1v) is 11.8. The molecule has 0 N–H and O–H groups in total. The molecule has 0 unspecified atom stereocenters. The van der Waals surface area contributed by atoms with Gasteiger partial charge in [-0.15, -0.1) is 0 Å². The highest BCUT2D eigenvalue weighted by Crippen LogP contribution is 2.27. The summed E-state index contributed by atoms with van der Waals surface area (Å²) in [5, 5.41) is 0.0269. The van der Waals surface area contributed by atoms with Crippen LogP contribution in [0.5, 0.6) is 11.5 Å². The van der Waals surface area contributed by atoms with Crippen LogP contribution in [0.15, 0.2) is 41.3 Å². The van der Waals surface area contributed by atoms with Crippen LogP contribution in [0.25, 0.3) is 0 Å². The first-order valence-electron chi connectivity index (χ1n) is 10.00. The van der Waals surface area contributed by atoms with Crippen LogP contribution in [0, 0.1) is 0 Å². The molecule has 0 aliphatic carbocycles. The third kappa shape index (κ3) is 5.23. The summed E-state index contributed by atoms with van der Waals surface area (Å²) in [4.78, 5) is 25.2. The van der Waals surface area contributed by atoms with Gasteiger partial charge in [0.1, 0.15) is 11.5 Å². The number of ether oxygens (including phenoxy) is 3. The fraction of sp³-hybridized carbons (Fsp3) is 0.364. The molecule has 0 spiro atoms. The molecule has 0 radical (unpaired) electrons. The molecule has 172 valence electrons. The summed E-state index contributed by atoms with van der Waals surface area (Å²) in [5.74, 6) is -0.665. The Kier molecular flexibility index (Phi) is 7.76. The molecule has 32 heavy (non-hydrogen) atoms. The number of rotatable bonds is 8. The lowest BCUT2D eigenvalue weighted by Gasteiger charge is -2.26. The summed E-state index contributed by atoms with van der Waals surface area (Å²) in [7, 11) is -0.880. The fourth-order valence-electron chi connectivity index (χ4n) is 3.39. The maximum absolute atomic E-state index is 12.9. The van der Waals surface area contributed by atoms with Crippen molar-refractivity contribution >= 4 is 33.4 Å². The molecule has 3 rings (SSSR count). The van der Waals surface area contributed by atoms with Gasteiger partial charge in [-0.3, -0.25) is 4.79 Å². The van der Waals surface area contributed by atoms with Crippen molar-refractivity contribution in [2.45, 2.75) is 24.2 Å². The van der Waals surface area contributed by atoms with Crippen molar-refractivity contribution in [2.75, 3.05) is 33.9 Å². The van der Waals surface area contributed by atoms with E-state index in [2.05, 4.69) is 0 Å². The molecular formula is C22H24ClNO7S. The predicted molar refractivity (Wildman–Crippen MR) is 118 cm³/mol. The molecule has 0 saturated carbocycles. The molecule has 1 aliphatic rings. The third-order valence-electron chi connectivity index (χ3n) is 5.15. The number of benzene rings is 2. The summed E-state index contributed by atoms with van der Waals surface area (Å²) in [5.41, 5.74) is 0.0577. The third-order valence-corrected chi connectivity index (χ3v) is 7.38. The lowest BCUT2D eigenvalue weighted by atomic mass is 10.1. The van der Waals surface area contributed by atoms with Gasteiger partial charge in [-0.1, -0.05) is 18.0 Å². The molecule has 8 nitrogen and oxygen atoms in total. The highest BCUT2D eigenvalue weighted by atomic mass is 35.5. The van der Waals surface area contributed by atoms with E-state index in [4.69, 9.17) is 25.8 Å². The highest BCUT2D eigenvalue weighted by molar-refractivity contribution is 7.89. The molecule has 1 fully saturated rings. The van der Waals surface area contributed by atoms with Crippen LogP contribution in [0.3, 0.4) is 0 Å². The van der Waals surface area contributed by atoms with Crippen molar-refractivity contribution in [3.63, 3.8) is 0 Å². The SMILES string of the molecule is COc1ccc(OC)c(C(=O)COC(=O)c2cc(S(=O)(=O)N3CCCCC3)ccc2Cl)c1. The largest absolute Gasteiger partial charge is 0.497 e. The number of hydrogen-bond acceptors (Lipinski definition) is 7. The van der Waals surface area contributed by atoms with E-state index in [-0.39, 0.29) is 21.0 Å². The van der Waals surface area contributed by atoms with Crippen molar-refractivity contribution < 1.29 is 32.2 Å². The first kappa shape index (κ1) is 24.0. The summed E-state index contributed by atoms with van der Waals surface area (Å²) in [6.45, 7) is 0.283. The van der Waals surface area contributed by atoms with Gasteiger partial charge in [-0.2, -0.15) is 4.31 Å². The summed E-state index contributed by atoms with van der Waals surface area (Å²) >= 11 is 6.12. The molecule has 1 heterocycles. The van der Waals surface area contributed by atoms with Crippen LogP contribution in [0.1, 0.15) is 40.0 Å². The Morgan fingerprint density at radius 2 is 1.69 bits per heavy atom. The van der Waals surface area contributed by atoms with Gasteiger partial charge in [0.15, 0.2) is 6.61 Å². The van der Waals surface area contributed by atoms with E-state index in [9.17, 15) is 18.0 Å². The predicted octanol–water partition coefficient (Wildman–Crippen LogP) is 3.57. The second-order valence-corrected chi connectivity index (χ2v) is 9.52. The number of methoxy groups -OCH3 is 2. The van der Waals surface area contributed by atoms with Crippen LogP contribution in [-0.2, 0) is 14.8 Å². The number of esters is 1. The molecule has 2 aromatic carbocycles. The van der Waals surface area contributed by atoms with Crippen molar-refractivity contribution in [2.24, 2.45) is 0 Å². The number of sulfonamides is 1. The lowest BCUT2D eigenvalue weighted by Crippen LogP contribution is -2.35. The molecule has 0 aromatic heterocycles. The number of halogens is 1. The minimum absolute atomic E-state index is 0.0269. The number of nitrogens with zero attached hydrogens (tertiary/aromatic N) is 1. The quantitative estimate of drug-likeness (QED) is 0.419. The van der Waals surface area contributed by atoms with Gasteiger partial charge in [-0.05, 0) is 49.2 Å². The van der Waals surface area contributed by atoms with Crippen LogP contribution < -0.4 is 9.47 Å². The number of carbonyl (C=O) groups is 2.